The van der Waals surface area contributed by atoms with Crippen molar-refractivity contribution in [3.05, 3.63) is 34.9 Å². The fourth-order valence-electron chi connectivity index (χ4n) is 1.78. The molecule has 0 bridgehead atoms. The van der Waals surface area contributed by atoms with Gasteiger partial charge >= 0.3 is 6.09 Å². The van der Waals surface area contributed by atoms with Crippen molar-refractivity contribution in [2.24, 2.45) is 5.73 Å². The molecule has 0 saturated heterocycles. The van der Waals surface area contributed by atoms with Crippen LogP contribution in [-0.2, 0) is 4.74 Å². The van der Waals surface area contributed by atoms with Crippen molar-refractivity contribution in [2.75, 3.05) is 0 Å². The normalized spacial score (nSPS) is 14.2. The lowest BCUT2D eigenvalue weighted by Crippen LogP contribution is -2.26. The number of carbonyl (C=O) groups excluding carboxylic acids is 1. The van der Waals surface area contributed by atoms with Crippen molar-refractivity contribution in [1.82, 2.24) is 0 Å². The number of hydrogen-bond acceptors (Lipinski definition) is 3. The lowest BCUT2D eigenvalue weighted by atomic mass is 9.95. The van der Waals surface area contributed by atoms with E-state index in [2.05, 4.69) is 0 Å². The van der Waals surface area contributed by atoms with E-state index in [1.165, 1.54) is 0 Å². The van der Waals surface area contributed by atoms with Crippen LogP contribution in [0.25, 0.3) is 0 Å². The van der Waals surface area contributed by atoms with Crippen LogP contribution in [0.2, 0.25) is 0 Å². The predicted octanol–water partition coefficient (Wildman–Crippen LogP) is 1.82. The number of ether oxygens (including phenoxy) is 1. The van der Waals surface area contributed by atoms with E-state index in [9.17, 15) is 9.90 Å². The van der Waals surface area contributed by atoms with E-state index in [1.54, 1.807) is 6.92 Å². The molecule has 1 aromatic carbocycles. The van der Waals surface area contributed by atoms with Gasteiger partial charge in [-0.3, -0.25) is 0 Å². The Labute approximate surface area is 95.0 Å². The van der Waals surface area contributed by atoms with Crippen LogP contribution in [-0.4, -0.2) is 17.3 Å². The first-order valence-electron chi connectivity index (χ1n) is 5.13. The Balaban J connectivity index is 2.95. The first kappa shape index (κ1) is 12.5. The summed E-state index contributed by atoms with van der Waals surface area (Å²) in [6.07, 6.45) is -2.39. The van der Waals surface area contributed by atoms with Crippen molar-refractivity contribution in [3.63, 3.8) is 0 Å². The van der Waals surface area contributed by atoms with E-state index in [1.807, 2.05) is 32.0 Å². The van der Waals surface area contributed by atoms with E-state index in [-0.39, 0.29) is 0 Å². The lowest BCUT2D eigenvalue weighted by Gasteiger charge is -2.22. The van der Waals surface area contributed by atoms with Gasteiger partial charge in [0, 0.05) is 0 Å². The van der Waals surface area contributed by atoms with Crippen molar-refractivity contribution in [3.8, 4) is 0 Å². The van der Waals surface area contributed by atoms with Gasteiger partial charge in [0.1, 0.15) is 12.2 Å². The summed E-state index contributed by atoms with van der Waals surface area (Å²) in [5.41, 5.74) is 7.63. The Morgan fingerprint density at radius 3 is 2.31 bits per heavy atom. The molecule has 0 spiro atoms. The van der Waals surface area contributed by atoms with Gasteiger partial charge in [-0.15, -0.1) is 0 Å². The molecule has 0 aliphatic carbocycles. The average molecular weight is 223 g/mol. The molecular formula is C12H17NO3. The highest BCUT2D eigenvalue weighted by atomic mass is 16.6. The number of rotatable bonds is 3. The molecule has 0 radical (unpaired) electrons. The minimum Gasteiger partial charge on any atom is -0.444 e. The minimum atomic E-state index is -0.877. The molecule has 1 rings (SSSR count). The monoisotopic (exact) mass is 223 g/mol. The molecule has 3 N–H and O–H groups in total. The third kappa shape index (κ3) is 2.73. The first-order chi connectivity index (χ1) is 7.43. The average Bonchev–Trinajstić information content (AvgIpc) is 2.16. The molecular weight excluding hydrogens is 206 g/mol. The zero-order valence-corrected chi connectivity index (χ0v) is 9.73. The third-order valence-corrected chi connectivity index (χ3v) is 2.58. The smallest absolute Gasteiger partial charge is 0.404 e. The Morgan fingerprint density at radius 1 is 1.38 bits per heavy atom. The number of amides is 1. The van der Waals surface area contributed by atoms with E-state index >= 15 is 0 Å². The number of benzene rings is 1. The van der Waals surface area contributed by atoms with Gasteiger partial charge in [-0.05, 0) is 37.5 Å². The molecule has 0 heterocycles. The van der Waals surface area contributed by atoms with E-state index in [0.717, 1.165) is 16.7 Å². The van der Waals surface area contributed by atoms with Gasteiger partial charge in [0.05, 0.1) is 0 Å². The zero-order chi connectivity index (χ0) is 12.3. The molecule has 2 atom stereocenters. The summed E-state index contributed by atoms with van der Waals surface area (Å²) >= 11 is 0. The van der Waals surface area contributed by atoms with Gasteiger partial charge in [-0.2, -0.15) is 0 Å². The molecule has 0 aromatic heterocycles. The summed E-state index contributed by atoms with van der Waals surface area (Å²) in [6, 6.07) is 5.73. The molecule has 0 unspecified atom stereocenters. The number of nitrogens with two attached hydrogens (primary N) is 1. The van der Waals surface area contributed by atoms with Crippen molar-refractivity contribution in [2.45, 2.75) is 33.0 Å². The molecule has 0 fully saturated rings. The highest BCUT2D eigenvalue weighted by molar-refractivity contribution is 5.64. The van der Waals surface area contributed by atoms with Crippen LogP contribution >= 0.6 is 0 Å². The summed E-state index contributed by atoms with van der Waals surface area (Å²) in [5.74, 6) is 0. The Hall–Kier alpha value is -1.55. The van der Waals surface area contributed by atoms with Gasteiger partial charge in [-0.1, -0.05) is 18.2 Å². The summed E-state index contributed by atoms with van der Waals surface area (Å²) in [4.78, 5) is 10.6. The van der Waals surface area contributed by atoms with Crippen molar-refractivity contribution < 1.29 is 14.6 Å². The Kier molecular flexibility index (Phi) is 3.90. The fourth-order valence-corrected chi connectivity index (χ4v) is 1.78. The van der Waals surface area contributed by atoms with Crippen molar-refractivity contribution in [1.29, 1.82) is 0 Å². The highest BCUT2D eigenvalue weighted by Crippen LogP contribution is 2.25. The van der Waals surface area contributed by atoms with E-state index < -0.39 is 18.3 Å². The molecule has 0 aliphatic rings. The Morgan fingerprint density at radius 2 is 1.88 bits per heavy atom. The number of aryl methyl sites for hydroxylation is 2. The first-order valence-corrected chi connectivity index (χ1v) is 5.13. The molecule has 1 aromatic rings. The fraction of sp³-hybridized carbons (Fsp3) is 0.417. The summed E-state index contributed by atoms with van der Waals surface area (Å²) in [5, 5.41) is 10.1. The molecule has 4 heteroatoms. The van der Waals surface area contributed by atoms with Crippen molar-refractivity contribution >= 4 is 6.09 Å². The largest absolute Gasteiger partial charge is 0.444 e. The molecule has 0 aliphatic heterocycles. The van der Waals surface area contributed by atoms with Crippen LogP contribution in [0.1, 0.15) is 29.7 Å². The standard InChI is InChI=1S/C12H17NO3/c1-7-5-4-6-8(2)10(7)11(14)9(3)16-12(13)15/h4-6,9,11,14H,1-3H3,(H2,13,15)/t9-,11+/m0/s1. The van der Waals surface area contributed by atoms with Crippen LogP contribution < -0.4 is 5.73 Å². The van der Waals surface area contributed by atoms with Gasteiger partial charge in [0.15, 0.2) is 0 Å². The van der Waals surface area contributed by atoms with E-state index in [4.69, 9.17) is 10.5 Å². The zero-order valence-electron chi connectivity index (χ0n) is 9.73. The quantitative estimate of drug-likeness (QED) is 0.821. The SMILES string of the molecule is Cc1cccc(C)c1[C@H](O)[C@H](C)OC(N)=O. The van der Waals surface area contributed by atoms with Crippen LogP contribution in [0.5, 0.6) is 0 Å². The number of carbonyl (C=O) groups is 1. The second-order valence-corrected chi connectivity index (χ2v) is 3.89. The van der Waals surface area contributed by atoms with Crippen LogP contribution in [0.15, 0.2) is 18.2 Å². The van der Waals surface area contributed by atoms with E-state index in [0.29, 0.717) is 0 Å². The number of hydrogen-bond donors (Lipinski definition) is 2. The number of aliphatic hydroxyl groups is 1. The van der Waals surface area contributed by atoms with Gasteiger partial charge in [0.25, 0.3) is 0 Å². The van der Waals surface area contributed by atoms with Crippen LogP contribution in [0.4, 0.5) is 4.79 Å². The summed E-state index contributed by atoms with van der Waals surface area (Å²) in [6.45, 7) is 5.42. The van der Waals surface area contributed by atoms with Crippen LogP contribution in [0, 0.1) is 13.8 Å². The topological polar surface area (TPSA) is 72.6 Å². The second-order valence-electron chi connectivity index (χ2n) is 3.89. The highest BCUT2D eigenvalue weighted by Gasteiger charge is 2.22. The maximum Gasteiger partial charge on any atom is 0.404 e. The van der Waals surface area contributed by atoms with Gasteiger partial charge in [0.2, 0.25) is 0 Å². The molecule has 88 valence electrons. The Bertz CT molecular complexity index is 370. The second kappa shape index (κ2) is 4.99. The van der Waals surface area contributed by atoms with Gasteiger partial charge < -0.3 is 15.6 Å². The summed E-state index contributed by atoms with van der Waals surface area (Å²) < 4.78 is 4.77. The minimum absolute atomic E-state index is 0.655. The van der Waals surface area contributed by atoms with Crippen LogP contribution in [0.3, 0.4) is 0 Å². The maximum atomic E-state index is 10.6. The molecule has 16 heavy (non-hydrogen) atoms. The summed E-state index contributed by atoms with van der Waals surface area (Å²) in [7, 11) is 0. The molecule has 1 amide bonds. The predicted molar refractivity (Wildman–Crippen MR) is 61.0 cm³/mol. The maximum absolute atomic E-state index is 10.6. The lowest BCUT2D eigenvalue weighted by molar-refractivity contribution is 0.0151. The number of primary amides is 1. The number of aliphatic hydroxyl groups excluding tert-OH is 1. The third-order valence-electron chi connectivity index (χ3n) is 2.58. The molecule has 4 nitrogen and oxygen atoms in total. The van der Waals surface area contributed by atoms with Gasteiger partial charge in [-0.25, -0.2) is 4.79 Å². The molecule has 0 saturated carbocycles.